The molecule has 0 aromatic heterocycles. The lowest BCUT2D eigenvalue weighted by Crippen LogP contribution is -2.43. The molecule has 96 heavy (non-hydrogen) atoms. The molecule has 0 heterocycles. The molecule has 30 nitrogen and oxygen atoms in total. The molecule has 3 aromatic rings. The molecular formula is C66H54N18O12. The topological polar surface area (TPSA) is 450 Å². The second-order valence-corrected chi connectivity index (χ2v) is 28.1. The van der Waals surface area contributed by atoms with E-state index in [2.05, 4.69) is 84.4 Å². The van der Waals surface area contributed by atoms with Gasteiger partial charge in [-0.3, -0.25) is 28.8 Å². The molecule has 30 heteroatoms. The van der Waals surface area contributed by atoms with Gasteiger partial charge in [0.25, 0.3) is 0 Å². The molecule has 0 amide bonds. The Morgan fingerprint density at radius 3 is 1.39 bits per heavy atom. The number of ether oxygens (including phenoxy) is 6. The second-order valence-electron chi connectivity index (χ2n) is 28.1. The maximum atomic E-state index is 16.9. The molecule has 5 saturated carbocycles. The summed E-state index contributed by atoms with van der Waals surface area (Å²) in [5.41, 5.74) is 54.5. The molecular weight excluding hydrogens is 1240 g/mol. The highest BCUT2D eigenvalue weighted by molar-refractivity contribution is 6.29. The van der Waals surface area contributed by atoms with E-state index in [9.17, 15) is 33.2 Å². The van der Waals surface area contributed by atoms with Crippen LogP contribution in [0.1, 0.15) is 118 Å². The molecule has 480 valence electrons. The van der Waals surface area contributed by atoms with Crippen molar-refractivity contribution in [2.75, 3.05) is 78.9 Å². The summed E-state index contributed by atoms with van der Waals surface area (Å²) in [4.78, 5) is 119. The van der Waals surface area contributed by atoms with Gasteiger partial charge in [0.1, 0.15) is 0 Å². The number of azide groups is 6. The Bertz CT molecular complexity index is 4790. The Balaban J connectivity index is 0.974. The first-order valence-corrected chi connectivity index (χ1v) is 32.9. The minimum absolute atomic E-state index is 0.0188. The summed E-state index contributed by atoms with van der Waals surface area (Å²) in [7, 11) is 0. The van der Waals surface area contributed by atoms with Gasteiger partial charge in [0, 0.05) is 90.9 Å². The maximum absolute atomic E-state index is 16.9. The number of nitrogens with zero attached hydrogens (tertiary/aromatic N) is 18. The van der Waals surface area contributed by atoms with Crippen molar-refractivity contribution in [3.63, 3.8) is 0 Å². The summed E-state index contributed by atoms with van der Waals surface area (Å²) in [5, 5.41) is 22.4. The number of carbonyl (C=O) groups excluding carboxylic acids is 6. The fourth-order valence-corrected chi connectivity index (χ4v) is 25.1. The largest absolute Gasteiger partial charge is 0.465 e. The van der Waals surface area contributed by atoms with E-state index in [1.165, 1.54) is 0 Å². The molecule has 0 N–H and O–H groups in total. The molecule has 10 unspecified atom stereocenters. The number of allylic oxidation sites excluding steroid dienone is 5. The maximum Gasteiger partial charge on any atom is 0.326 e. The normalized spacial score (nSPS) is 33.6. The lowest BCUT2D eigenvalue weighted by atomic mass is 9.56. The number of hydrogen-bond donors (Lipinski definition) is 0. The fraction of sp³-hybridized carbons (Fsp3) is 0.545. The highest BCUT2D eigenvalue weighted by atomic mass is 16.6. The van der Waals surface area contributed by atoms with Gasteiger partial charge in [-0.15, -0.1) is 0 Å². The van der Waals surface area contributed by atoms with Crippen LogP contribution in [0, 0.1) is 45.3 Å². The molecule has 16 aliphatic carbocycles. The van der Waals surface area contributed by atoms with Crippen molar-refractivity contribution in [1.82, 2.24) is 0 Å². The molecule has 6 spiro atoms. The van der Waals surface area contributed by atoms with Crippen molar-refractivity contribution < 1.29 is 57.2 Å². The molecule has 0 aliphatic heterocycles. The van der Waals surface area contributed by atoms with Crippen LogP contribution in [0.2, 0.25) is 0 Å². The molecule has 0 saturated heterocycles. The summed E-state index contributed by atoms with van der Waals surface area (Å²) >= 11 is 0. The third-order valence-corrected chi connectivity index (χ3v) is 25.9. The zero-order valence-corrected chi connectivity index (χ0v) is 51.3. The average molecular weight is 1290 g/mol. The smallest absolute Gasteiger partial charge is 0.326 e. The lowest BCUT2D eigenvalue weighted by Gasteiger charge is -2.45. The molecule has 3 aromatic carbocycles. The van der Waals surface area contributed by atoms with Crippen molar-refractivity contribution in [2.45, 2.75) is 97.7 Å². The first-order valence-electron chi connectivity index (χ1n) is 32.9. The summed E-state index contributed by atoms with van der Waals surface area (Å²) in [6.07, 6.45) is 7.00. The van der Waals surface area contributed by atoms with Crippen LogP contribution in [0.5, 0.6) is 0 Å². The van der Waals surface area contributed by atoms with Gasteiger partial charge in [0.2, 0.25) is 0 Å². The Kier molecular flexibility index (Phi) is 11.0. The Morgan fingerprint density at radius 1 is 0.427 bits per heavy atom. The molecule has 16 aliphatic rings. The lowest BCUT2D eigenvalue weighted by molar-refractivity contribution is -0.169. The van der Waals surface area contributed by atoms with E-state index in [1.54, 1.807) is 0 Å². The van der Waals surface area contributed by atoms with Crippen LogP contribution in [0.15, 0.2) is 65.6 Å². The van der Waals surface area contributed by atoms with E-state index in [-0.39, 0.29) is 130 Å². The fourth-order valence-electron chi connectivity index (χ4n) is 25.1. The second kappa shape index (κ2) is 18.5. The minimum Gasteiger partial charge on any atom is -0.465 e. The van der Waals surface area contributed by atoms with E-state index in [4.69, 9.17) is 28.4 Å². The van der Waals surface area contributed by atoms with Crippen molar-refractivity contribution in [3.05, 3.63) is 164 Å². The first kappa shape index (κ1) is 57.0. The summed E-state index contributed by atoms with van der Waals surface area (Å²) in [6.45, 7) is -1.62. The number of rotatable bonds is 30. The van der Waals surface area contributed by atoms with Crippen LogP contribution < -0.4 is 0 Å². The summed E-state index contributed by atoms with van der Waals surface area (Å²) in [5.74, 6) is -7.18. The summed E-state index contributed by atoms with van der Waals surface area (Å²) < 4.78 is 39.4. The van der Waals surface area contributed by atoms with Gasteiger partial charge in [-0.2, -0.15) is 0 Å². The van der Waals surface area contributed by atoms with Crippen LogP contribution in [0.4, 0.5) is 0 Å². The monoisotopic (exact) mass is 1290 g/mol. The summed E-state index contributed by atoms with van der Waals surface area (Å²) in [6, 6.07) is 4.29. The van der Waals surface area contributed by atoms with E-state index in [0.29, 0.717) is 86.9 Å². The number of carbonyl (C=O) groups is 6. The first-order chi connectivity index (χ1) is 47.0. The van der Waals surface area contributed by atoms with E-state index < -0.39 is 102 Å². The number of hydrogen-bond acceptors (Lipinski definition) is 18. The predicted octanol–water partition coefficient (Wildman–Crippen LogP) is 10.5. The Hall–Kier alpha value is -10.4. The van der Waals surface area contributed by atoms with Crippen LogP contribution in [-0.4, -0.2) is 115 Å². The third kappa shape index (κ3) is 5.09. The molecule has 10 atom stereocenters. The van der Waals surface area contributed by atoms with Gasteiger partial charge in [-0.1, -0.05) is 60.5 Å². The molecule has 5 fully saturated rings. The zero-order valence-electron chi connectivity index (χ0n) is 51.3. The minimum atomic E-state index is -2.27. The Labute approximate surface area is 541 Å². The zero-order chi connectivity index (χ0) is 65.6. The van der Waals surface area contributed by atoms with Gasteiger partial charge in [-0.25, -0.2) is 0 Å². The standard InChI is InChI=1S/C66H54N18O12/c67-79-73-7-1-13-91-52(85)64(53(86)92-14-2-8-74-80-68)58-34-22-28-19-32-26-36-24-30-21-33-27-35-23-29-20-31(25-34)46-38-41-49(61(46,58)64)40-37(43(28)58)47(32)62-50(40)42-39(45(30)60(36,62)66(62,56(89)95-17-5-11-77-83-71)57(90)96-18-6-12-78-84-72)48(33)63(51(41)42)59(35,44(29)38)65(63,54(87)93-15-3-9-75-81-69)55(88)94-16-4-10-76-82-70/h19-21,25,33,35-36,48H,1-18,22-24,26-27H2. The van der Waals surface area contributed by atoms with Gasteiger partial charge in [0.05, 0.1) is 55.9 Å². The highest BCUT2D eigenvalue weighted by Gasteiger charge is 3.11. The van der Waals surface area contributed by atoms with Crippen LogP contribution in [-0.2, 0) is 104 Å². The van der Waals surface area contributed by atoms with Crippen LogP contribution in [0.3, 0.4) is 0 Å². The van der Waals surface area contributed by atoms with Crippen molar-refractivity contribution >= 4 is 47.5 Å². The van der Waals surface area contributed by atoms with E-state index in [0.717, 1.165) is 50.1 Å². The van der Waals surface area contributed by atoms with Crippen LogP contribution >= 0.6 is 0 Å². The quantitative estimate of drug-likeness (QED) is 0.0114. The number of benzene rings is 3. The SMILES string of the molecule is [N-]=[N+]=NCCCOC(=O)C1(C(=O)OCCCN=[N+]=[N-])C23C4=Cc5cc6c7c8c5C12c1c2c5c9c(c1-8)C18C%10C9=C9C(=CC%10CC(C6)C71C8(C(=O)OCCCN=[N+]=[N-])C(=O)OCCCN=[N+]=[N-])CC1Cc6cc(c3c-2c6C52C(C(=O)OCCCN=[N+]=[N-])(C(=O)OCCCN=[N+]=[N-])C912)C4. The number of esters is 6. The Morgan fingerprint density at radius 2 is 0.865 bits per heavy atom. The molecule has 0 radical (unpaired) electrons. The van der Waals surface area contributed by atoms with Gasteiger partial charge in [-0.05, 0) is 227 Å². The predicted molar refractivity (Wildman–Crippen MR) is 328 cm³/mol. The third-order valence-electron chi connectivity index (χ3n) is 25.9. The van der Waals surface area contributed by atoms with Gasteiger partial charge in [0.15, 0.2) is 16.2 Å². The van der Waals surface area contributed by atoms with Crippen LogP contribution in [0.25, 0.3) is 96.6 Å². The molecule has 19 rings (SSSR count). The highest BCUT2D eigenvalue weighted by Crippen LogP contribution is 3.06. The molecule has 0 bridgehead atoms. The average Bonchev–Trinajstić information content (AvgIpc) is 1.34. The van der Waals surface area contributed by atoms with E-state index >= 15 is 28.8 Å². The van der Waals surface area contributed by atoms with Crippen molar-refractivity contribution in [2.24, 2.45) is 76.0 Å². The van der Waals surface area contributed by atoms with Crippen molar-refractivity contribution in [3.8, 4) is 22.3 Å². The van der Waals surface area contributed by atoms with Gasteiger partial charge < -0.3 is 28.4 Å². The van der Waals surface area contributed by atoms with Crippen molar-refractivity contribution in [1.29, 1.82) is 0 Å². The van der Waals surface area contributed by atoms with Gasteiger partial charge >= 0.3 is 35.8 Å². The van der Waals surface area contributed by atoms with E-state index in [1.807, 2.05) is 0 Å².